The van der Waals surface area contributed by atoms with Gasteiger partial charge in [0, 0.05) is 5.69 Å². The molecular formula is C15H15FN2O. The van der Waals surface area contributed by atoms with Crippen molar-refractivity contribution >= 4 is 11.6 Å². The lowest BCUT2D eigenvalue weighted by molar-refractivity contribution is -0.117. The maximum absolute atomic E-state index is 13.3. The average Bonchev–Trinajstić information content (AvgIpc) is 2.45. The molecule has 0 radical (unpaired) electrons. The Hall–Kier alpha value is -2.20. The van der Waals surface area contributed by atoms with Gasteiger partial charge in [-0.15, -0.1) is 0 Å². The fourth-order valence-electron chi connectivity index (χ4n) is 1.84. The topological polar surface area (TPSA) is 46.3 Å². The van der Waals surface area contributed by atoms with Gasteiger partial charge in [0.2, 0.25) is 5.91 Å². The maximum Gasteiger partial charge on any atom is 0.241 e. The van der Waals surface area contributed by atoms with Crippen molar-refractivity contribution in [3.05, 3.63) is 66.0 Å². The Morgan fingerprint density at radius 2 is 1.84 bits per heavy atom. The summed E-state index contributed by atoms with van der Waals surface area (Å²) in [6.07, 6.45) is 0. The predicted molar refractivity (Wildman–Crippen MR) is 73.1 cm³/mol. The number of hydrogen-bond donors (Lipinski definition) is 1. The molecule has 2 rings (SSSR count). The minimum atomic E-state index is -0.375. The number of amides is 1. The van der Waals surface area contributed by atoms with Gasteiger partial charge in [-0.25, -0.2) is 4.39 Å². The molecule has 4 heteroatoms. The van der Waals surface area contributed by atoms with E-state index >= 15 is 0 Å². The fraction of sp³-hybridized carbons (Fsp3) is 0.133. The molecule has 0 aliphatic rings. The molecule has 0 atom stereocenters. The SMILES string of the molecule is NCC(=O)N(Cc1ccccc1)c1cccc(F)c1. The summed E-state index contributed by atoms with van der Waals surface area (Å²) in [5.41, 5.74) is 6.90. The number of rotatable bonds is 4. The van der Waals surface area contributed by atoms with E-state index in [0.717, 1.165) is 5.56 Å². The van der Waals surface area contributed by atoms with Crippen molar-refractivity contribution in [2.75, 3.05) is 11.4 Å². The third kappa shape index (κ3) is 3.39. The highest BCUT2D eigenvalue weighted by molar-refractivity contribution is 5.94. The van der Waals surface area contributed by atoms with Crippen LogP contribution >= 0.6 is 0 Å². The zero-order valence-corrected chi connectivity index (χ0v) is 10.4. The van der Waals surface area contributed by atoms with Gasteiger partial charge in [0.15, 0.2) is 0 Å². The van der Waals surface area contributed by atoms with Gasteiger partial charge < -0.3 is 10.6 Å². The number of halogens is 1. The molecule has 1 amide bonds. The van der Waals surface area contributed by atoms with Gasteiger partial charge in [0.1, 0.15) is 5.82 Å². The van der Waals surface area contributed by atoms with E-state index in [-0.39, 0.29) is 18.3 Å². The van der Waals surface area contributed by atoms with E-state index in [2.05, 4.69) is 0 Å². The van der Waals surface area contributed by atoms with E-state index in [0.29, 0.717) is 12.2 Å². The highest BCUT2D eigenvalue weighted by atomic mass is 19.1. The van der Waals surface area contributed by atoms with Crippen LogP contribution in [0, 0.1) is 5.82 Å². The molecule has 0 fully saturated rings. The van der Waals surface area contributed by atoms with Gasteiger partial charge in [0.25, 0.3) is 0 Å². The highest BCUT2D eigenvalue weighted by Gasteiger charge is 2.15. The Morgan fingerprint density at radius 3 is 2.47 bits per heavy atom. The quantitative estimate of drug-likeness (QED) is 0.914. The molecule has 2 N–H and O–H groups in total. The van der Waals surface area contributed by atoms with E-state index in [9.17, 15) is 9.18 Å². The van der Waals surface area contributed by atoms with Gasteiger partial charge in [-0.05, 0) is 23.8 Å². The zero-order valence-electron chi connectivity index (χ0n) is 10.4. The largest absolute Gasteiger partial charge is 0.322 e. The number of nitrogens with zero attached hydrogens (tertiary/aromatic N) is 1. The molecule has 2 aromatic rings. The van der Waals surface area contributed by atoms with Crippen molar-refractivity contribution in [3.63, 3.8) is 0 Å². The second-order valence-corrected chi connectivity index (χ2v) is 4.15. The molecule has 0 aliphatic carbocycles. The Morgan fingerprint density at radius 1 is 1.11 bits per heavy atom. The Kier molecular flexibility index (Phi) is 4.26. The van der Waals surface area contributed by atoms with E-state index in [1.54, 1.807) is 12.1 Å². The average molecular weight is 258 g/mol. The third-order valence-corrected chi connectivity index (χ3v) is 2.78. The second kappa shape index (κ2) is 6.11. The van der Waals surface area contributed by atoms with Crippen molar-refractivity contribution in [3.8, 4) is 0 Å². The summed E-state index contributed by atoms with van der Waals surface area (Å²) < 4.78 is 13.3. The van der Waals surface area contributed by atoms with Crippen LogP contribution in [0.3, 0.4) is 0 Å². The summed E-state index contributed by atoms with van der Waals surface area (Å²) in [5.74, 6) is -0.616. The first kappa shape index (κ1) is 13.2. The van der Waals surface area contributed by atoms with Crippen LogP contribution in [-0.4, -0.2) is 12.5 Å². The molecular weight excluding hydrogens is 243 g/mol. The lowest BCUT2D eigenvalue weighted by Gasteiger charge is -2.22. The number of carbonyl (C=O) groups excluding carboxylic acids is 1. The third-order valence-electron chi connectivity index (χ3n) is 2.78. The normalized spacial score (nSPS) is 10.2. The number of carbonyl (C=O) groups is 1. The first-order valence-corrected chi connectivity index (χ1v) is 6.00. The maximum atomic E-state index is 13.3. The van der Waals surface area contributed by atoms with Crippen molar-refractivity contribution in [1.82, 2.24) is 0 Å². The summed E-state index contributed by atoms with van der Waals surface area (Å²) in [5, 5.41) is 0. The molecule has 0 spiro atoms. The van der Waals surface area contributed by atoms with Crippen molar-refractivity contribution in [1.29, 1.82) is 0 Å². The summed E-state index contributed by atoms with van der Waals surface area (Å²) in [6.45, 7) is 0.268. The van der Waals surface area contributed by atoms with Gasteiger partial charge in [-0.2, -0.15) is 0 Å². The van der Waals surface area contributed by atoms with Crippen LogP contribution in [0.1, 0.15) is 5.56 Å². The zero-order chi connectivity index (χ0) is 13.7. The molecule has 3 nitrogen and oxygen atoms in total. The fourth-order valence-corrected chi connectivity index (χ4v) is 1.84. The summed E-state index contributed by atoms with van der Waals surface area (Å²) in [6, 6.07) is 15.5. The summed E-state index contributed by atoms with van der Waals surface area (Å²) >= 11 is 0. The first-order valence-electron chi connectivity index (χ1n) is 6.00. The highest BCUT2D eigenvalue weighted by Crippen LogP contribution is 2.18. The van der Waals surface area contributed by atoms with Crippen molar-refractivity contribution in [2.45, 2.75) is 6.54 Å². The Labute approximate surface area is 111 Å². The second-order valence-electron chi connectivity index (χ2n) is 4.15. The smallest absolute Gasteiger partial charge is 0.241 e. The lowest BCUT2D eigenvalue weighted by atomic mass is 10.2. The standard InChI is InChI=1S/C15H15FN2O/c16-13-7-4-8-14(9-13)18(15(19)10-17)11-12-5-2-1-3-6-12/h1-9H,10-11,17H2. The first-order chi connectivity index (χ1) is 9.20. The Balaban J connectivity index is 2.29. The molecule has 98 valence electrons. The molecule has 19 heavy (non-hydrogen) atoms. The minimum Gasteiger partial charge on any atom is -0.322 e. The van der Waals surface area contributed by atoms with Crippen molar-refractivity contribution < 1.29 is 9.18 Å². The monoisotopic (exact) mass is 258 g/mol. The molecule has 0 aromatic heterocycles. The van der Waals surface area contributed by atoms with Crippen molar-refractivity contribution in [2.24, 2.45) is 5.73 Å². The van der Waals surface area contributed by atoms with E-state index < -0.39 is 0 Å². The van der Waals surface area contributed by atoms with Crippen LogP contribution in [0.2, 0.25) is 0 Å². The van der Waals surface area contributed by atoms with Crippen LogP contribution in [0.25, 0.3) is 0 Å². The molecule has 0 saturated heterocycles. The number of hydrogen-bond acceptors (Lipinski definition) is 2. The molecule has 0 unspecified atom stereocenters. The van der Waals surface area contributed by atoms with Crippen LogP contribution in [0.5, 0.6) is 0 Å². The minimum absolute atomic E-state index is 0.108. The molecule has 2 aromatic carbocycles. The predicted octanol–water partition coefficient (Wildman–Crippen LogP) is 2.32. The number of benzene rings is 2. The number of nitrogens with two attached hydrogens (primary N) is 1. The van der Waals surface area contributed by atoms with E-state index in [4.69, 9.17) is 5.73 Å². The summed E-state index contributed by atoms with van der Waals surface area (Å²) in [7, 11) is 0. The number of anilines is 1. The van der Waals surface area contributed by atoms with Crippen LogP contribution in [0.4, 0.5) is 10.1 Å². The van der Waals surface area contributed by atoms with Gasteiger partial charge in [0.05, 0.1) is 13.1 Å². The van der Waals surface area contributed by atoms with E-state index in [1.807, 2.05) is 30.3 Å². The Bertz CT molecular complexity index is 557. The van der Waals surface area contributed by atoms with Crippen LogP contribution in [0.15, 0.2) is 54.6 Å². The van der Waals surface area contributed by atoms with Gasteiger partial charge in [-0.3, -0.25) is 4.79 Å². The molecule has 0 bridgehead atoms. The molecule has 0 aliphatic heterocycles. The lowest BCUT2D eigenvalue weighted by Crippen LogP contribution is -2.35. The molecule has 0 heterocycles. The van der Waals surface area contributed by atoms with Gasteiger partial charge in [-0.1, -0.05) is 36.4 Å². The van der Waals surface area contributed by atoms with E-state index in [1.165, 1.54) is 17.0 Å². The van der Waals surface area contributed by atoms with Crippen LogP contribution < -0.4 is 10.6 Å². The van der Waals surface area contributed by atoms with Gasteiger partial charge >= 0.3 is 0 Å². The summed E-state index contributed by atoms with van der Waals surface area (Å²) in [4.78, 5) is 13.4. The van der Waals surface area contributed by atoms with Crippen LogP contribution in [-0.2, 0) is 11.3 Å². The molecule has 0 saturated carbocycles.